The first kappa shape index (κ1) is 17.2. The SMILES string of the molecule is COC(=O)CCN(C)CC(=O)Nc1c(C)cc(C)cc1C. The van der Waals surface area contributed by atoms with Crippen LogP contribution in [0, 0.1) is 20.8 Å². The zero-order valence-electron chi connectivity index (χ0n) is 13.4. The van der Waals surface area contributed by atoms with Crippen LogP contribution in [0.4, 0.5) is 5.69 Å². The Hall–Kier alpha value is -1.88. The molecule has 21 heavy (non-hydrogen) atoms. The molecule has 0 atom stereocenters. The predicted molar refractivity (Wildman–Crippen MR) is 83.4 cm³/mol. The maximum Gasteiger partial charge on any atom is 0.306 e. The van der Waals surface area contributed by atoms with Gasteiger partial charge in [0, 0.05) is 12.2 Å². The van der Waals surface area contributed by atoms with Crippen molar-refractivity contribution in [2.45, 2.75) is 27.2 Å². The summed E-state index contributed by atoms with van der Waals surface area (Å²) in [6.07, 6.45) is 0.281. The summed E-state index contributed by atoms with van der Waals surface area (Å²) in [4.78, 5) is 24.9. The normalized spacial score (nSPS) is 10.6. The van der Waals surface area contributed by atoms with Crippen LogP contribution in [0.25, 0.3) is 0 Å². The van der Waals surface area contributed by atoms with Gasteiger partial charge in [0.15, 0.2) is 0 Å². The van der Waals surface area contributed by atoms with Gasteiger partial charge >= 0.3 is 5.97 Å². The van der Waals surface area contributed by atoms with Crippen LogP contribution in [-0.4, -0.2) is 44.0 Å². The number of nitrogens with zero attached hydrogens (tertiary/aromatic N) is 1. The summed E-state index contributed by atoms with van der Waals surface area (Å²) in [5.74, 6) is -0.357. The van der Waals surface area contributed by atoms with Crippen LogP contribution in [0.2, 0.25) is 0 Å². The van der Waals surface area contributed by atoms with Crippen molar-refractivity contribution in [1.82, 2.24) is 4.90 Å². The first-order chi connectivity index (χ1) is 9.83. The summed E-state index contributed by atoms with van der Waals surface area (Å²) < 4.78 is 4.58. The number of aryl methyl sites for hydroxylation is 3. The molecule has 5 heteroatoms. The molecule has 0 aliphatic heterocycles. The summed E-state index contributed by atoms with van der Waals surface area (Å²) >= 11 is 0. The smallest absolute Gasteiger partial charge is 0.306 e. The van der Waals surface area contributed by atoms with Crippen molar-refractivity contribution in [2.24, 2.45) is 0 Å². The predicted octanol–water partition coefficient (Wildman–Crippen LogP) is 2.05. The maximum atomic E-state index is 12.1. The Balaban J connectivity index is 2.56. The van der Waals surface area contributed by atoms with Gasteiger partial charge in [-0.1, -0.05) is 17.7 Å². The molecule has 0 aliphatic rings. The van der Waals surface area contributed by atoms with Crippen LogP contribution < -0.4 is 5.32 Å². The molecule has 0 unspecified atom stereocenters. The Morgan fingerprint density at radius 1 is 1.19 bits per heavy atom. The third-order valence-electron chi connectivity index (χ3n) is 3.28. The molecule has 0 heterocycles. The highest BCUT2D eigenvalue weighted by molar-refractivity contribution is 5.93. The number of carbonyl (C=O) groups excluding carboxylic acids is 2. The number of rotatable bonds is 6. The fourth-order valence-electron chi connectivity index (χ4n) is 2.26. The second-order valence-electron chi connectivity index (χ2n) is 5.39. The van der Waals surface area contributed by atoms with Gasteiger partial charge in [0.05, 0.1) is 20.1 Å². The van der Waals surface area contributed by atoms with Gasteiger partial charge in [0.1, 0.15) is 0 Å². The third-order valence-corrected chi connectivity index (χ3v) is 3.28. The number of hydrogen-bond acceptors (Lipinski definition) is 4. The van der Waals surface area contributed by atoms with Crippen molar-refractivity contribution < 1.29 is 14.3 Å². The zero-order chi connectivity index (χ0) is 16.0. The minimum Gasteiger partial charge on any atom is -0.469 e. The fraction of sp³-hybridized carbons (Fsp3) is 0.500. The molecule has 116 valence electrons. The molecule has 0 radical (unpaired) electrons. The van der Waals surface area contributed by atoms with E-state index in [2.05, 4.69) is 10.1 Å². The van der Waals surface area contributed by atoms with E-state index < -0.39 is 0 Å². The van der Waals surface area contributed by atoms with Gasteiger partial charge in [0.25, 0.3) is 0 Å². The standard InChI is InChI=1S/C16H24N2O3/c1-11-8-12(2)16(13(3)9-11)17-14(19)10-18(4)7-6-15(20)21-5/h8-9H,6-7,10H2,1-5H3,(H,17,19). The van der Waals surface area contributed by atoms with E-state index >= 15 is 0 Å². The van der Waals surface area contributed by atoms with E-state index in [4.69, 9.17) is 0 Å². The summed E-state index contributed by atoms with van der Waals surface area (Å²) in [5.41, 5.74) is 4.15. The lowest BCUT2D eigenvalue weighted by Gasteiger charge is -2.17. The second-order valence-corrected chi connectivity index (χ2v) is 5.39. The Morgan fingerprint density at radius 2 is 1.76 bits per heavy atom. The molecule has 1 aromatic carbocycles. The first-order valence-electron chi connectivity index (χ1n) is 6.96. The zero-order valence-corrected chi connectivity index (χ0v) is 13.4. The lowest BCUT2D eigenvalue weighted by molar-refractivity contribution is -0.141. The molecule has 1 amide bonds. The Labute approximate surface area is 126 Å². The number of amides is 1. The van der Waals surface area contributed by atoms with Crippen LogP contribution in [0.1, 0.15) is 23.1 Å². The number of benzene rings is 1. The molecule has 0 bridgehead atoms. The molecule has 0 saturated heterocycles. The first-order valence-corrected chi connectivity index (χ1v) is 6.96. The quantitative estimate of drug-likeness (QED) is 0.815. The number of likely N-dealkylation sites (N-methyl/N-ethyl adjacent to an activating group) is 1. The Kier molecular flexibility index (Phi) is 6.37. The number of nitrogens with one attached hydrogen (secondary N) is 1. The lowest BCUT2D eigenvalue weighted by Crippen LogP contribution is -2.32. The van der Waals surface area contributed by atoms with Crippen LogP contribution >= 0.6 is 0 Å². The molecular weight excluding hydrogens is 268 g/mol. The van der Waals surface area contributed by atoms with E-state index in [0.29, 0.717) is 6.54 Å². The van der Waals surface area contributed by atoms with Crippen molar-refractivity contribution in [1.29, 1.82) is 0 Å². The highest BCUT2D eigenvalue weighted by atomic mass is 16.5. The van der Waals surface area contributed by atoms with Gasteiger partial charge in [-0.05, 0) is 38.9 Å². The molecule has 0 fully saturated rings. The van der Waals surface area contributed by atoms with Crippen LogP contribution in [0.15, 0.2) is 12.1 Å². The minimum atomic E-state index is -0.271. The summed E-state index contributed by atoms with van der Waals surface area (Å²) in [5, 5.41) is 2.94. The number of esters is 1. The average molecular weight is 292 g/mol. The van der Waals surface area contributed by atoms with Crippen LogP contribution in [0.5, 0.6) is 0 Å². The molecule has 1 N–H and O–H groups in total. The summed E-state index contributed by atoms with van der Waals surface area (Å²) in [6.45, 7) is 6.73. The molecule has 0 aromatic heterocycles. The van der Waals surface area contributed by atoms with Gasteiger partial charge in [0.2, 0.25) is 5.91 Å². The van der Waals surface area contributed by atoms with Crippen molar-refractivity contribution in [3.63, 3.8) is 0 Å². The van der Waals surface area contributed by atoms with Crippen molar-refractivity contribution in [2.75, 3.05) is 32.6 Å². The Morgan fingerprint density at radius 3 is 2.29 bits per heavy atom. The molecule has 1 rings (SSSR count). The van der Waals surface area contributed by atoms with Gasteiger partial charge in [-0.15, -0.1) is 0 Å². The van der Waals surface area contributed by atoms with Gasteiger partial charge in [-0.2, -0.15) is 0 Å². The topological polar surface area (TPSA) is 58.6 Å². The van der Waals surface area contributed by atoms with Crippen molar-refractivity contribution in [3.8, 4) is 0 Å². The number of anilines is 1. The van der Waals surface area contributed by atoms with E-state index in [1.54, 1.807) is 11.9 Å². The van der Waals surface area contributed by atoms with E-state index in [1.165, 1.54) is 12.7 Å². The van der Waals surface area contributed by atoms with E-state index in [1.807, 2.05) is 32.9 Å². The summed E-state index contributed by atoms with van der Waals surface area (Å²) in [7, 11) is 3.16. The Bertz CT molecular complexity index is 503. The van der Waals surface area contributed by atoms with Gasteiger partial charge in [-0.25, -0.2) is 0 Å². The van der Waals surface area contributed by atoms with Crippen LogP contribution in [-0.2, 0) is 14.3 Å². The van der Waals surface area contributed by atoms with Crippen molar-refractivity contribution >= 4 is 17.6 Å². The monoisotopic (exact) mass is 292 g/mol. The highest BCUT2D eigenvalue weighted by Crippen LogP contribution is 2.21. The largest absolute Gasteiger partial charge is 0.469 e. The number of ether oxygens (including phenoxy) is 1. The maximum absolute atomic E-state index is 12.1. The van der Waals surface area contributed by atoms with Crippen molar-refractivity contribution in [3.05, 3.63) is 28.8 Å². The molecule has 0 aliphatic carbocycles. The van der Waals surface area contributed by atoms with E-state index in [9.17, 15) is 9.59 Å². The molecule has 5 nitrogen and oxygen atoms in total. The number of methoxy groups -OCH3 is 1. The average Bonchev–Trinajstić information content (AvgIpc) is 2.40. The van der Waals surface area contributed by atoms with Gasteiger partial charge in [-0.3, -0.25) is 14.5 Å². The second kappa shape index (κ2) is 7.78. The summed E-state index contributed by atoms with van der Waals surface area (Å²) in [6, 6.07) is 4.09. The molecular formula is C16H24N2O3. The van der Waals surface area contributed by atoms with E-state index in [-0.39, 0.29) is 24.8 Å². The minimum absolute atomic E-state index is 0.0857. The molecule has 0 spiro atoms. The van der Waals surface area contributed by atoms with Crippen LogP contribution in [0.3, 0.4) is 0 Å². The lowest BCUT2D eigenvalue weighted by atomic mass is 10.1. The number of carbonyl (C=O) groups is 2. The fourth-order valence-corrected chi connectivity index (χ4v) is 2.26. The number of hydrogen-bond donors (Lipinski definition) is 1. The molecule has 1 aromatic rings. The molecule has 0 saturated carbocycles. The van der Waals surface area contributed by atoms with E-state index in [0.717, 1.165) is 16.8 Å². The highest BCUT2D eigenvalue weighted by Gasteiger charge is 2.11. The third kappa shape index (κ3) is 5.55. The van der Waals surface area contributed by atoms with Gasteiger partial charge < -0.3 is 10.1 Å².